The molecule has 0 amide bonds. The molecule has 1 aromatic heterocycles. The lowest BCUT2D eigenvalue weighted by atomic mass is 9.89. The van der Waals surface area contributed by atoms with Crippen molar-refractivity contribution in [1.82, 2.24) is 0 Å². The Morgan fingerprint density at radius 1 is 0.360 bits per heavy atom. The summed E-state index contributed by atoms with van der Waals surface area (Å²) in [5.41, 5.74) is 14.7. The van der Waals surface area contributed by atoms with Crippen LogP contribution in [0, 0.1) is 0 Å². The smallest absolute Gasteiger partial charge is 0.159 e. The Bertz CT molecular complexity index is 2710. The summed E-state index contributed by atoms with van der Waals surface area (Å²) in [4.78, 5) is 2.32. The molecule has 0 atom stereocenters. The zero-order valence-corrected chi connectivity index (χ0v) is 27.3. The second kappa shape index (κ2) is 11.5. The van der Waals surface area contributed by atoms with Crippen molar-refractivity contribution in [3.8, 4) is 33.4 Å². The van der Waals surface area contributed by atoms with Gasteiger partial charge in [-0.05, 0) is 91.7 Å². The molecule has 1 aliphatic rings. The van der Waals surface area contributed by atoms with E-state index in [-0.39, 0.29) is 0 Å². The topological polar surface area (TPSA) is 16.4 Å². The second-order valence-corrected chi connectivity index (χ2v) is 12.9. The molecule has 0 aliphatic heterocycles. The van der Waals surface area contributed by atoms with Crippen LogP contribution in [0.4, 0.5) is 17.1 Å². The predicted molar refractivity (Wildman–Crippen MR) is 211 cm³/mol. The van der Waals surface area contributed by atoms with E-state index < -0.39 is 0 Å². The van der Waals surface area contributed by atoms with Crippen molar-refractivity contribution in [3.05, 3.63) is 187 Å². The maximum absolute atomic E-state index is 6.58. The predicted octanol–water partition coefficient (Wildman–Crippen LogP) is 13.7. The normalized spacial score (nSPS) is 11.9. The van der Waals surface area contributed by atoms with Gasteiger partial charge in [0.2, 0.25) is 0 Å². The summed E-state index contributed by atoms with van der Waals surface area (Å²) in [6.07, 6.45) is 4.47. The second-order valence-electron chi connectivity index (χ2n) is 12.9. The van der Waals surface area contributed by atoms with Gasteiger partial charge >= 0.3 is 0 Å². The molecule has 0 N–H and O–H groups in total. The van der Waals surface area contributed by atoms with Crippen molar-refractivity contribution in [1.29, 1.82) is 0 Å². The van der Waals surface area contributed by atoms with Crippen LogP contribution in [-0.4, -0.2) is 0 Å². The van der Waals surface area contributed by atoms with Crippen molar-refractivity contribution in [2.45, 2.75) is 0 Å². The standard InChI is InChI=1S/C48H31NO/c1-3-10-32(11-4-1)33-20-26-38(27-21-33)49(44-16-9-15-43-42-14-7-8-17-45(42)50-48(43)44)39-28-22-35(23-29-39)41-31-25-37-19-18-36-24-30-40(47(41)46(36)37)34-12-5-2-6-13-34/h1-31H. The van der Waals surface area contributed by atoms with Gasteiger partial charge in [-0.3, -0.25) is 0 Å². The van der Waals surface area contributed by atoms with E-state index in [0.717, 1.165) is 39.0 Å². The van der Waals surface area contributed by atoms with Gasteiger partial charge in [-0.15, -0.1) is 0 Å². The first-order valence-corrected chi connectivity index (χ1v) is 17.1. The van der Waals surface area contributed by atoms with Gasteiger partial charge in [-0.2, -0.15) is 0 Å². The third-order valence-corrected chi connectivity index (χ3v) is 10.0. The summed E-state index contributed by atoms with van der Waals surface area (Å²) in [5.74, 6) is 0. The van der Waals surface area contributed by atoms with Crippen molar-refractivity contribution in [2.75, 3.05) is 4.90 Å². The number of benzene rings is 8. The Kier molecular flexibility index (Phi) is 6.53. The van der Waals surface area contributed by atoms with Gasteiger partial charge in [0, 0.05) is 22.1 Å². The molecule has 8 aromatic carbocycles. The lowest BCUT2D eigenvalue weighted by molar-refractivity contribution is 0.669. The SMILES string of the molecule is C1=Cc2ccc(-c3ccc(N(c4ccc(-c5ccccc5)cc4)c4cccc5c4oc4ccccc45)cc3)c3c(-c4ccccc4)ccc1c23. The third kappa shape index (κ3) is 4.57. The van der Waals surface area contributed by atoms with Crippen LogP contribution in [0.3, 0.4) is 0 Å². The van der Waals surface area contributed by atoms with Gasteiger partial charge in [0.15, 0.2) is 5.58 Å². The fourth-order valence-electron chi connectivity index (χ4n) is 7.66. The highest BCUT2D eigenvalue weighted by atomic mass is 16.3. The molecule has 234 valence electrons. The number of hydrogen-bond donors (Lipinski definition) is 0. The molecular formula is C48H31NO. The van der Waals surface area contributed by atoms with Crippen molar-refractivity contribution in [2.24, 2.45) is 0 Å². The zero-order valence-electron chi connectivity index (χ0n) is 27.3. The molecule has 2 heteroatoms. The van der Waals surface area contributed by atoms with Crippen LogP contribution < -0.4 is 4.90 Å². The summed E-state index contributed by atoms with van der Waals surface area (Å²) in [5, 5.41) is 4.85. The van der Waals surface area contributed by atoms with E-state index >= 15 is 0 Å². The molecule has 0 fully saturated rings. The van der Waals surface area contributed by atoms with Gasteiger partial charge in [0.25, 0.3) is 0 Å². The first-order valence-electron chi connectivity index (χ1n) is 17.1. The van der Waals surface area contributed by atoms with Crippen LogP contribution in [-0.2, 0) is 0 Å². The van der Waals surface area contributed by atoms with E-state index in [2.05, 4.69) is 181 Å². The Hall–Kier alpha value is -6.64. The monoisotopic (exact) mass is 637 g/mol. The summed E-state index contributed by atoms with van der Waals surface area (Å²) in [6, 6.07) is 62.9. The Balaban J connectivity index is 1.14. The van der Waals surface area contributed by atoms with E-state index in [9.17, 15) is 0 Å². The molecule has 50 heavy (non-hydrogen) atoms. The summed E-state index contributed by atoms with van der Waals surface area (Å²) in [7, 11) is 0. The summed E-state index contributed by atoms with van der Waals surface area (Å²) in [6.45, 7) is 0. The van der Waals surface area contributed by atoms with Gasteiger partial charge < -0.3 is 9.32 Å². The van der Waals surface area contributed by atoms with E-state index in [1.54, 1.807) is 0 Å². The fraction of sp³-hybridized carbons (Fsp3) is 0. The van der Waals surface area contributed by atoms with Crippen LogP contribution in [0.25, 0.3) is 78.2 Å². The Labute approximate surface area is 290 Å². The van der Waals surface area contributed by atoms with Crippen molar-refractivity contribution < 1.29 is 4.42 Å². The minimum atomic E-state index is 0.873. The number of para-hydroxylation sites is 2. The van der Waals surface area contributed by atoms with Crippen molar-refractivity contribution in [3.63, 3.8) is 0 Å². The van der Waals surface area contributed by atoms with E-state index in [4.69, 9.17) is 4.42 Å². The largest absolute Gasteiger partial charge is 0.454 e. The van der Waals surface area contributed by atoms with Crippen LogP contribution in [0.15, 0.2) is 180 Å². The van der Waals surface area contributed by atoms with Gasteiger partial charge in [-0.1, -0.05) is 152 Å². The fourth-order valence-corrected chi connectivity index (χ4v) is 7.66. The lowest BCUT2D eigenvalue weighted by Gasteiger charge is -2.26. The van der Waals surface area contributed by atoms with E-state index in [0.29, 0.717) is 0 Å². The first-order chi connectivity index (χ1) is 24.8. The number of furan rings is 1. The molecular weight excluding hydrogens is 607 g/mol. The van der Waals surface area contributed by atoms with Gasteiger partial charge in [0.1, 0.15) is 5.58 Å². The maximum atomic E-state index is 6.58. The number of nitrogens with zero attached hydrogens (tertiary/aromatic N) is 1. The number of hydrogen-bond acceptors (Lipinski definition) is 2. The highest BCUT2D eigenvalue weighted by Gasteiger charge is 2.21. The minimum absolute atomic E-state index is 0.873. The molecule has 2 nitrogen and oxygen atoms in total. The highest BCUT2D eigenvalue weighted by Crippen LogP contribution is 2.45. The first kappa shape index (κ1) is 28.4. The average Bonchev–Trinajstić information content (AvgIpc) is 3.79. The molecule has 1 heterocycles. The molecule has 0 radical (unpaired) electrons. The Morgan fingerprint density at radius 2 is 0.880 bits per heavy atom. The van der Waals surface area contributed by atoms with Gasteiger partial charge in [-0.25, -0.2) is 0 Å². The molecule has 0 saturated heterocycles. The Morgan fingerprint density at radius 3 is 1.54 bits per heavy atom. The average molecular weight is 638 g/mol. The van der Waals surface area contributed by atoms with Gasteiger partial charge in [0.05, 0.1) is 5.69 Å². The number of rotatable bonds is 6. The molecule has 0 unspecified atom stereocenters. The molecule has 10 rings (SSSR count). The molecule has 0 spiro atoms. The third-order valence-electron chi connectivity index (χ3n) is 10.0. The highest BCUT2D eigenvalue weighted by molar-refractivity contribution is 6.16. The summed E-state index contributed by atoms with van der Waals surface area (Å²) < 4.78 is 6.58. The van der Waals surface area contributed by atoms with E-state index in [1.165, 1.54) is 55.3 Å². The van der Waals surface area contributed by atoms with Crippen molar-refractivity contribution >= 4 is 61.9 Å². The lowest BCUT2D eigenvalue weighted by Crippen LogP contribution is -2.10. The maximum Gasteiger partial charge on any atom is 0.159 e. The van der Waals surface area contributed by atoms with Crippen LogP contribution in [0.1, 0.15) is 11.1 Å². The van der Waals surface area contributed by atoms with Crippen LogP contribution >= 0.6 is 0 Å². The zero-order chi connectivity index (χ0) is 33.0. The molecule has 9 aromatic rings. The van der Waals surface area contributed by atoms with Crippen LogP contribution in [0.2, 0.25) is 0 Å². The molecule has 0 bridgehead atoms. The van der Waals surface area contributed by atoms with E-state index in [1.807, 2.05) is 12.1 Å². The number of anilines is 3. The molecule has 0 saturated carbocycles. The summed E-state index contributed by atoms with van der Waals surface area (Å²) >= 11 is 0. The minimum Gasteiger partial charge on any atom is -0.454 e. The molecule has 1 aliphatic carbocycles. The number of fused-ring (bicyclic) bond motifs is 3. The van der Waals surface area contributed by atoms with Crippen LogP contribution in [0.5, 0.6) is 0 Å². The quantitative estimate of drug-likeness (QED) is 0.180.